The smallest absolute Gasteiger partial charge is 0.147 e. The van der Waals surface area contributed by atoms with Gasteiger partial charge in [-0.2, -0.15) is 0 Å². The molecular weight excluding hydrogens is 238 g/mol. The standard InChI is InChI=1S/C12H25NO3S/c1-3-7-13-12-6-8-16-10-11(12)5-4-9-17(2,14)15/h11-13H,3-10H2,1-2H3. The summed E-state index contributed by atoms with van der Waals surface area (Å²) in [4.78, 5) is 0. The van der Waals surface area contributed by atoms with Gasteiger partial charge in [0.05, 0.1) is 6.61 Å². The molecule has 0 aromatic rings. The lowest BCUT2D eigenvalue weighted by atomic mass is 9.91. The average molecular weight is 263 g/mol. The van der Waals surface area contributed by atoms with Crippen LogP contribution in [0.2, 0.25) is 0 Å². The van der Waals surface area contributed by atoms with Crippen LogP contribution in [0.5, 0.6) is 0 Å². The SMILES string of the molecule is CCCNC1CCOCC1CCCS(C)(=O)=O. The second-order valence-corrected chi connectivity index (χ2v) is 7.22. The topological polar surface area (TPSA) is 55.4 Å². The first-order chi connectivity index (χ1) is 8.03. The summed E-state index contributed by atoms with van der Waals surface area (Å²) in [6, 6.07) is 0.503. The second kappa shape index (κ2) is 7.34. The summed E-state index contributed by atoms with van der Waals surface area (Å²) in [5.41, 5.74) is 0. The summed E-state index contributed by atoms with van der Waals surface area (Å²) >= 11 is 0. The highest BCUT2D eigenvalue weighted by atomic mass is 32.2. The summed E-state index contributed by atoms with van der Waals surface area (Å²) < 4.78 is 27.6. The Kier molecular flexibility index (Phi) is 6.44. The predicted octanol–water partition coefficient (Wildman–Crippen LogP) is 1.22. The van der Waals surface area contributed by atoms with E-state index in [4.69, 9.17) is 4.74 Å². The molecule has 102 valence electrons. The third kappa shape index (κ3) is 6.38. The van der Waals surface area contributed by atoms with Crippen molar-refractivity contribution in [2.24, 2.45) is 5.92 Å². The van der Waals surface area contributed by atoms with Gasteiger partial charge in [0.15, 0.2) is 0 Å². The molecule has 1 fully saturated rings. The number of hydrogen-bond acceptors (Lipinski definition) is 4. The Bertz CT molecular complexity index is 303. The number of ether oxygens (including phenoxy) is 1. The Morgan fingerprint density at radius 1 is 1.41 bits per heavy atom. The highest BCUT2D eigenvalue weighted by Crippen LogP contribution is 2.20. The first-order valence-corrected chi connectivity index (χ1v) is 8.58. The van der Waals surface area contributed by atoms with Crippen LogP contribution in [0.15, 0.2) is 0 Å². The van der Waals surface area contributed by atoms with Crippen molar-refractivity contribution in [3.63, 3.8) is 0 Å². The molecule has 4 nitrogen and oxygen atoms in total. The molecular formula is C12H25NO3S. The molecule has 5 heteroatoms. The summed E-state index contributed by atoms with van der Waals surface area (Å²) in [6.45, 7) is 4.79. The Labute approximate surface area is 105 Å². The van der Waals surface area contributed by atoms with Crippen molar-refractivity contribution in [1.29, 1.82) is 0 Å². The largest absolute Gasteiger partial charge is 0.381 e. The summed E-state index contributed by atoms with van der Waals surface area (Å²) in [7, 11) is -2.82. The third-order valence-electron chi connectivity index (χ3n) is 3.22. The maximum Gasteiger partial charge on any atom is 0.147 e. The quantitative estimate of drug-likeness (QED) is 0.750. The normalized spacial score (nSPS) is 26.0. The molecule has 0 aromatic heterocycles. The maximum atomic E-state index is 11.1. The van der Waals surface area contributed by atoms with Crippen molar-refractivity contribution >= 4 is 9.84 Å². The number of hydrogen-bond donors (Lipinski definition) is 1. The van der Waals surface area contributed by atoms with Crippen LogP contribution >= 0.6 is 0 Å². The highest BCUT2D eigenvalue weighted by Gasteiger charge is 2.24. The van der Waals surface area contributed by atoms with Gasteiger partial charge in [0.25, 0.3) is 0 Å². The van der Waals surface area contributed by atoms with Crippen LogP contribution in [-0.2, 0) is 14.6 Å². The minimum absolute atomic E-state index is 0.296. The molecule has 1 rings (SSSR count). The lowest BCUT2D eigenvalue weighted by Gasteiger charge is -2.32. The fraction of sp³-hybridized carbons (Fsp3) is 1.00. The molecule has 0 amide bonds. The fourth-order valence-corrected chi connectivity index (χ4v) is 2.98. The Hall–Kier alpha value is -0.130. The molecule has 17 heavy (non-hydrogen) atoms. The highest BCUT2D eigenvalue weighted by molar-refractivity contribution is 7.90. The molecule has 1 N–H and O–H groups in total. The molecule has 1 heterocycles. The molecule has 1 aliphatic heterocycles. The Morgan fingerprint density at radius 2 is 2.18 bits per heavy atom. The third-order valence-corrected chi connectivity index (χ3v) is 4.25. The zero-order chi connectivity index (χ0) is 12.7. The molecule has 0 radical (unpaired) electrons. The maximum absolute atomic E-state index is 11.1. The average Bonchev–Trinajstić information content (AvgIpc) is 2.26. The van der Waals surface area contributed by atoms with Crippen molar-refractivity contribution in [3.05, 3.63) is 0 Å². The van der Waals surface area contributed by atoms with Crippen LogP contribution in [0.4, 0.5) is 0 Å². The molecule has 0 aromatic carbocycles. The van der Waals surface area contributed by atoms with Crippen molar-refractivity contribution in [2.75, 3.05) is 31.8 Å². The zero-order valence-electron chi connectivity index (χ0n) is 10.9. The van der Waals surface area contributed by atoms with E-state index in [1.54, 1.807) is 0 Å². The van der Waals surface area contributed by atoms with Crippen LogP contribution in [-0.4, -0.2) is 46.2 Å². The monoisotopic (exact) mass is 263 g/mol. The van der Waals surface area contributed by atoms with Crippen molar-refractivity contribution in [3.8, 4) is 0 Å². The summed E-state index contributed by atoms with van der Waals surface area (Å²) in [5.74, 6) is 0.765. The van der Waals surface area contributed by atoms with Crippen LogP contribution in [0.1, 0.15) is 32.6 Å². The van der Waals surface area contributed by atoms with Gasteiger partial charge in [-0.15, -0.1) is 0 Å². The molecule has 1 aliphatic rings. The Balaban J connectivity index is 2.32. The van der Waals surface area contributed by atoms with E-state index in [-0.39, 0.29) is 0 Å². The van der Waals surface area contributed by atoms with Crippen molar-refractivity contribution < 1.29 is 13.2 Å². The number of nitrogens with one attached hydrogen (secondary N) is 1. The predicted molar refractivity (Wildman–Crippen MR) is 70.0 cm³/mol. The molecule has 0 spiro atoms. The van der Waals surface area contributed by atoms with Gasteiger partial charge in [0.2, 0.25) is 0 Å². The minimum Gasteiger partial charge on any atom is -0.381 e. The summed E-state index contributed by atoms with van der Waals surface area (Å²) in [5, 5.41) is 3.54. The van der Waals surface area contributed by atoms with E-state index in [0.29, 0.717) is 17.7 Å². The molecule has 0 saturated carbocycles. The van der Waals surface area contributed by atoms with E-state index < -0.39 is 9.84 Å². The van der Waals surface area contributed by atoms with E-state index >= 15 is 0 Å². The van der Waals surface area contributed by atoms with E-state index in [1.165, 1.54) is 6.26 Å². The van der Waals surface area contributed by atoms with Gasteiger partial charge < -0.3 is 10.1 Å². The van der Waals surface area contributed by atoms with E-state index in [2.05, 4.69) is 12.2 Å². The molecule has 2 atom stereocenters. The number of rotatable bonds is 7. The molecule has 0 bridgehead atoms. The summed E-state index contributed by atoms with van der Waals surface area (Å²) in [6.07, 6.45) is 5.17. The lowest BCUT2D eigenvalue weighted by Crippen LogP contribution is -2.43. The van der Waals surface area contributed by atoms with Crippen molar-refractivity contribution in [2.45, 2.75) is 38.6 Å². The zero-order valence-corrected chi connectivity index (χ0v) is 11.8. The van der Waals surface area contributed by atoms with Gasteiger partial charge in [0, 0.05) is 24.7 Å². The van der Waals surface area contributed by atoms with Gasteiger partial charge in [-0.1, -0.05) is 6.92 Å². The van der Waals surface area contributed by atoms with Crippen LogP contribution in [0, 0.1) is 5.92 Å². The van der Waals surface area contributed by atoms with Gasteiger partial charge in [-0.05, 0) is 38.1 Å². The first-order valence-electron chi connectivity index (χ1n) is 6.52. The minimum atomic E-state index is -2.82. The lowest BCUT2D eigenvalue weighted by molar-refractivity contribution is 0.0286. The Morgan fingerprint density at radius 3 is 2.82 bits per heavy atom. The molecule has 0 aliphatic carbocycles. The molecule has 2 unspecified atom stereocenters. The fourth-order valence-electron chi connectivity index (χ4n) is 2.29. The second-order valence-electron chi connectivity index (χ2n) is 4.96. The van der Waals surface area contributed by atoms with Gasteiger partial charge in [-0.3, -0.25) is 0 Å². The van der Waals surface area contributed by atoms with Crippen LogP contribution in [0.25, 0.3) is 0 Å². The van der Waals surface area contributed by atoms with Gasteiger partial charge in [0.1, 0.15) is 9.84 Å². The molecule has 1 saturated heterocycles. The van der Waals surface area contributed by atoms with Crippen molar-refractivity contribution in [1.82, 2.24) is 5.32 Å². The van der Waals surface area contributed by atoms with E-state index in [0.717, 1.165) is 45.4 Å². The van der Waals surface area contributed by atoms with Gasteiger partial charge >= 0.3 is 0 Å². The van der Waals surface area contributed by atoms with E-state index in [1.807, 2.05) is 0 Å². The first kappa shape index (κ1) is 14.9. The number of sulfone groups is 1. The van der Waals surface area contributed by atoms with Crippen LogP contribution in [0.3, 0.4) is 0 Å². The van der Waals surface area contributed by atoms with E-state index in [9.17, 15) is 8.42 Å². The van der Waals surface area contributed by atoms with Gasteiger partial charge in [-0.25, -0.2) is 8.42 Å². The van der Waals surface area contributed by atoms with Crippen LogP contribution < -0.4 is 5.32 Å².